The first-order chi connectivity index (χ1) is 13.5. The second-order valence-electron chi connectivity index (χ2n) is 8.45. The van der Waals surface area contributed by atoms with Gasteiger partial charge in [-0.1, -0.05) is 117 Å². The summed E-state index contributed by atoms with van der Waals surface area (Å²) in [5.41, 5.74) is 6.31. The Morgan fingerprint density at radius 1 is 0.531 bits per heavy atom. The normalized spacial score (nSPS) is 10.6. The summed E-state index contributed by atoms with van der Waals surface area (Å²) in [6.45, 7) is 7.07. The minimum Gasteiger partial charge on any atom is -1.00 e. The van der Waals surface area contributed by atoms with Crippen molar-refractivity contribution in [3.63, 3.8) is 0 Å². The summed E-state index contributed by atoms with van der Waals surface area (Å²) in [5, 5.41) is 0. The molecule has 4 aromatic carbocycles. The Labute approximate surface area is 226 Å². The molecule has 0 aromatic heterocycles. The average Bonchev–Trinajstić information content (AvgIpc) is 3.20. The molecule has 0 aliphatic rings. The molecule has 4 rings (SSSR count). The van der Waals surface area contributed by atoms with Crippen LogP contribution in [-0.4, -0.2) is 0 Å². The van der Waals surface area contributed by atoms with Crippen LogP contribution >= 0.6 is 0 Å². The number of hydrogen-bond donors (Lipinski definition) is 0. The number of benzene rings is 3. The molecule has 0 aliphatic heterocycles. The van der Waals surface area contributed by atoms with Gasteiger partial charge in [-0.2, -0.15) is 12.1 Å². The quantitative estimate of drug-likeness (QED) is 0.228. The van der Waals surface area contributed by atoms with Gasteiger partial charge in [-0.05, 0) is 16.5 Å². The number of halogens is 3. The molecule has 0 N–H and O–H groups in total. The first-order valence-corrected chi connectivity index (χ1v) is 9.98. The van der Waals surface area contributed by atoms with Gasteiger partial charge in [0.1, 0.15) is 0 Å². The predicted molar refractivity (Wildman–Crippen MR) is 120 cm³/mol. The van der Waals surface area contributed by atoms with Crippen molar-refractivity contribution >= 4 is 0 Å². The van der Waals surface area contributed by atoms with Crippen molar-refractivity contribution in [1.82, 2.24) is 0 Å². The van der Waals surface area contributed by atoms with Crippen LogP contribution in [0.2, 0.25) is 0 Å². The summed E-state index contributed by atoms with van der Waals surface area (Å²) in [6.07, 6.45) is 0. The van der Waals surface area contributed by atoms with Gasteiger partial charge in [-0.25, -0.2) is 0 Å². The molecule has 0 aliphatic carbocycles. The van der Waals surface area contributed by atoms with E-state index in [1.807, 2.05) is 0 Å². The van der Waals surface area contributed by atoms with Crippen LogP contribution in [0.5, 0.6) is 0 Å². The van der Waals surface area contributed by atoms with Gasteiger partial charge in [0.25, 0.3) is 0 Å². The molecular formula is C28H27Cl3Ti. The van der Waals surface area contributed by atoms with E-state index in [0.717, 1.165) is 0 Å². The molecular weight excluding hydrogens is 491 g/mol. The van der Waals surface area contributed by atoms with Crippen LogP contribution in [0.1, 0.15) is 37.5 Å². The maximum Gasteiger partial charge on any atom is 4.00 e. The number of hydrogen-bond acceptors (Lipinski definition) is 0. The Bertz CT molecular complexity index is 997. The van der Waals surface area contributed by atoms with E-state index >= 15 is 0 Å². The van der Waals surface area contributed by atoms with E-state index in [-0.39, 0.29) is 69.8 Å². The first-order valence-electron chi connectivity index (χ1n) is 9.98. The Morgan fingerprint density at radius 2 is 0.938 bits per heavy atom. The average molecular weight is 518 g/mol. The molecule has 4 heteroatoms. The molecule has 0 fully saturated rings. The predicted octanol–water partition coefficient (Wildman–Crippen LogP) is -1.54. The fourth-order valence-corrected chi connectivity index (χ4v) is 4.74. The van der Waals surface area contributed by atoms with E-state index < -0.39 is 0 Å². The topological polar surface area (TPSA) is 0 Å². The molecule has 0 spiro atoms. The van der Waals surface area contributed by atoms with Gasteiger partial charge in [0.2, 0.25) is 0 Å². The third-order valence-electron chi connectivity index (χ3n) is 5.84. The molecule has 0 saturated heterocycles. The fourth-order valence-electron chi connectivity index (χ4n) is 4.74. The van der Waals surface area contributed by atoms with Crippen molar-refractivity contribution in [2.75, 3.05) is 0 Å². The van der Waals surface area contributed by atoms with Crippen LogP contribution in [0, 0.1) is 5.41 Å². The molecule has 0 nitrogen and oxygen atoms in total. The van der Waals surface area contributed by atoms with E-state index in [2.05, 4.69) is 130 Å². The molecule has 0 bridgehead atoms. The van der Waals surface area contributed by atoms with Gasteiger partial charge < -0.3 is 37.2 Å². The molecule has 0 amide bonds. The summed E-state index contributed by atoms with van der Waals surface area (Å²) < 4.78 is 0. The van der Waals surface area contributed by atoms with Crippen LogP contribution < -0.4 is 37.2 Å². The van der Waals surface area contributed by atoms with Crippen molar-refractivity contribution in [3.8, 4) is 11.1 Å². The summed E-state index contributed by atoms with van der Waals surface area (Å²) in [4.78, 5) is 0. The Hall–Kier alpha value is -1.41. The van der Waals surface area contributed by atoms with E-state index in [9.17, 15) is 0 Å². The van der Waals surface area contributed by atoms with Gasteiger partial charge >= 0.3 is 21.7 Å². The van der Waals surface area contributed by atoms with E-state index in [4.69, 9.17) is 0 Å². The third-order valence-corrected chi connectivity index (χ3v) is 5.84. The minimum atomic E-state index is -0.260. The molecule has 4 aromatic rings. The van der Waals surface area contributed by atoms with Gasteiger partial charge in [-0.3, -0.25) is 0 Å². The van der Waals surface area contributed by atoms with Gasteiger partial charge in [0.15, 0.2) is 0 Å². The summed E-state index contributed by atoms with van der Waals surface area (Å²) >= 11 is 0. The van der Waals surface area contributed by atoms with Crippen LogP contribution in [0.4, 0.5) is 0 Å². The Morgan fingerprint density at radius 3 is 1.34 bits per heavy atom. The van der Waals surface area contributed by atoms with E-state index in [1.54, 1.807) is 0 Å². The fraction of sp³-hybridized carbons (Fsp3) is 0.179. The molecule has 32 heavy (non-hydrogen) atoms. The standard InChI is InChI=1S/C28H27.3ClH.Ti/c1-27(2,3)28(23-16-9-5-10-17-23,24-18-11-6-12-19-24)26-21-13-20-25(26)22-14-7-4-8-15-22;;;;/h4-21H,1-3H3;3*1H;/q-1;;;;+4/p-3. The third kappa shape index (κ3) is 5.38. The van der Waals surface area contributed by atoms with Crippen molar-refractivity contribution in [1.29, 1.82) is 0 Å². The summed E-state index contributed by atoms with van der Waals surface area (Å²) in [7, 11) is 0. The molecule has 0 atom stereocenters. The second kappa shape index (κ2) is 12.7. The van der Waals surface area contributed by atoms with Crippen LogP contribution in [0.15, 0.2) is 109 Å². The minimum absolute atomic E-state index is 0. The zero-order chi connectivity index (χ0) is 19.6. The maximum absolute atomic E-state index is 2.36. The van der Waals surface area contributed by atoms with Crippen molar-refractivity contribution in [3.05, 3.63) is 126 Å². The molecule has 0 saturated carbocycles. The zero-order valence-corrected chi connectivity index (χ0v) is 22.4. The van der Waals surface area contributed by atoms with Gasteiger partial charge in [-0.15, -0.1) is 17.2 Å². The Balaban J connectivity index is 0.00000240. The van der Waals surface area contributed by atoms with Crippen LogP contribution in [-0.2, 0) is 27.1 Å². The van der Waals surface area contributed by atoms with Crippen molar-refractivity contribution in [2.24, 2.45) is 5.41 Å². The monoisotopic (exact) mass is 516 g/mol. The van der Waals surface area contributed by atoms with Crippen molar-refractivity contribution in [2.45, 2.75) is 26.2 Å². The first kappa shape index (κ1) is 30.6. The van der Waals surface area contributed by atoms with Gasteiger partial charge in [0, 0.05) is 5.41 Å². The van der Waals surface area contributed by atoms with Crippen LogP contribution in [0.25, 0.3) is 11.1 Å². The van der Waals surface area contributed by atoms with Gasteiger partial charge in [0.05, 0.1) is 0 Å². The van der Waals surface area contributed by atoms with E-state index in [1.165, 1.54) is 27.8 Å². The molecule has 0 radical (unpaired) electrons. The van der Waals surface area contributed by atoms with Crippen LogP contribution in [0.3, 0.4) is 0 Å². The Kier molecular flexibility index (Phi) is 12.2. The summed E-state index contributed by atoms with van der Waals surface area (Å²) in [5.74, 6) is 0. The number of rotatable bonds is 4. The zero-order valence-electron chi connectivity index (χ0n) is 18.5. The van der Waals surface area contributed by atoms with E-state index in [0.29, 0.717) is 0 Å². The largest absolute Gasteiger partial charge is 4.00 e. The SMILES string of the molecule is CC(C)(C)C(c1ccccc1)(c1ccccc1)[c-]1cccc1-c1ccccc1.[Cl-].[Cl-].[Cl-].[Ti+4]. The smallest absolute Gasteiger partial charge is 1.00 e. The van der Waals surface area contributed by atoms with Crippen molar-refractivity contribution < 1.29 is 58.9 Å². The summed E-state index contributed by atoms with van der Waals surface area (Å²) in [6, 6.07) is 39.5. The maximum atomic E-state index is 2.36. The molecule has 0 unspecified atom stereocenters. The molecule has 164 valence electrons. The molecule has 0 heterocycles. The second-order valence-corrected chi connectivity index (χ2v) is 8.45.